The monoisotopic (exact) mass is 295 g/mol. The van der Waals surface area contributed by atoms with Crippen molar-refractivity contribution in [1.82, 2.24) is 15.2 Å². The third-order valence-electron chi connectivity index (χ3n) is 3.29. The van der Waals surface area contributed by atoms with Gasteiger partial charge in [0, 0.05) is 27.8 Å². The zero-order valence-electron chi connectivity index (χ0n) is 19.5. The van der Waals surface area contributed by atoms with E-state index >= 15 is 0 Å². The van der Waals surface area contributed by atoms with Gasteiger partial charge in [-0.15, -0.1) is 0 Å². The minimum Gasteiger partial charge on any atom is -0.447 e. The molecule has 1 atom stereocenters. The first-order valence-electron chi connectivity index (χ1n) is 10.6. The lowest BCUT2D eigenvalue weighted by atomic mass is 10.0. The summed E-state index contributed by atoms with van der Waals surface area (Å²) in [4.78, 5) is 15.5. The maximum absolute atomic E-state index is 11.4. The molecule has 0 aliphatic carbocycles. The van der Waals surface area contributed by atoms with E-state index in [1.807, 2.05) is 0 Å². The fraction of sp³-hybridized carbons (Fsp3) is 0.438. The molecule has 5 nitrogen and oxygen atoms in total. The average Bonchev–Trinajstić information content (AvgIpc) is 3.13. The van der Waals surface area contributed by atoms with E-state index in [9.17, 15) is 4.79 Å². The van der Waals surface area contributed by atoms with E-state index < -0.39 is 25.7 Å². The van der Waals surface area contributed by atoms with Crippen LogP contribution in [-0.2, 0) is 17.6 Å². The van der Waals surface area contributed by atoms with Gasteiger partial charge in [0.2, 0.25) is 0 Å². The SMILES string of the molecule is [2H]c1c(C[C@@H]2NC(=O)OC2([2H])[2H])c([2H])c2c(CCN(C)C([2H])([2H])[2H])c[nH]c2c1[2H]. The molecule has 3 rings (SSSR count). The lowest BCUT2D eigenvalue weighted by Crippen LogP contribution is -2.28. The van der Waals surface area contributed by atoms with E-state index in [0.717, 1.165) is 0 Å². The molecular weight excluding hydrogens is 266 g/mol. The number of hydrogen-bond acceptors (Lipinski definition) is 3. The number of cyclic esters (lactones) is 1. The quantitative estimate of drug-likeness (QED) is 0.886. The van der Waals surface area contributed by atoms with Crippen LogP contribution in [0.4, 0.5) is 4.79 Å². The Morgan fingerprint density at radius 1 is 1.62 bits per heavy atom. The van der Waals surface area contributed by atoms with Crippen LogP contribution in [-0.4, -0.2) is 49.1 Å². The van der Waals surface area contributed by atoms with Crippen molar-refractivity contribution in [3.05, 3.63) is 35.5 Å². The first-order chi connectivity index (χ1) is 13.3. The van der Waals surface area contributed by atoms with Crippen LogP contribution in [0.3, 0.4) is 0 Å². The molecule has 0 spiro atoms. The minimum atomic E-state index is -2.30. The van der Waals surface area contributed by atoms with E-state index in [4.69, 9.17) is 11.0 Å². The summed E-state index contributed by atoms with van der Waals surface area (Å²) >= 11 is 0. The molecule has 1 aromatic carbocycles. The highest BCUT2D eigenvalue weighted by atomic mass is 16.6. The van der Waals surface area contributed by atoms with Gasteiger partial charge in [-0.1, -0.05) is 6.04 Å². The van der Waals surface area contributed by atoms with Crippen LogP contribution in [0.1, 0.15) is 22.1 Å². The summed E-state index contributed by atoms with van der Waals surface area (Å²) in [5.41, 5.74) is 1.04. The zero-order chi connectivity index (χ0) is 21.7. The summed E-state index contributed by atoms with van der Waals surface area (Å²) in [7, 11) is 1.47. The molecular formula is C16H21N3O2. The topological polar surface area (TPSA) is 57.4 Å². The second-order valence-electron chi connectivity index (χ2n) is 5.00. The average molecular weight is 295 g/mol. The number of aromatic nitrogens is 1. The Morgan fingerprint density at radius 3 is 3.29 bits per heavy atom. The summed E-state index contributed by atoms with van der Waals surface area (Å²) in [6.07, 6.45) is 0.802. The largest absolute Gasteiger partial charge is 0.447 e. The standard InChI is InChI=1S/C16H21N3O2/c1-19(2)6-5-12-9-17-15-4-3-11(8-14(12)15)7-13-10-21-16(20)18-13/h3-4,8-9,13,17H,5-7,10H2,1-2H3,(H,18,20)/t13-/m0/s1/i1D3,3D,4D,8D,10D2. The molecule has 21 heavy (non-hydrogen) atoms. The van der Waals surface area contributed by atoms with Gasteiger partial charge in [0.05, 0.1) is 12.9 Å². The number of fused-ring (bicyclic) bond motifs is 1. The molecule has 1 amide bonds. The molecule has 1 fully saturated rings. The van der Waals surface area contributed by atoms with Crippen molar-refractivity contribution in [2.75, 3.05) is 27.1 Å². The lowest BCUT2D eigenvalue weighted by Gasteiger charge is -2.09. The number of hydrogen-bond donors (Lipinski definition) is 2. The highest BCUT2D eigenvalue weighted by Crippen LogP contribution is 2.21. The highest BCUT2D eigenvalue weighted by Gasteiger charge is 2.22. The van der Waals surface area contributed by atoms with Crippen LogP contribution in [0.15, 0.2) is 24.3 Å². The van der Waals surface area contributed by atoms with Crippen molar-refractivity contribution in [3.8, 4) is 0 Å². The molecule has 5 heteroatoms. The number of aromatic amines is 1. The van der Waals surface area contributed by atoms with Gasteiger partial charge in [0.25, 0.3) is 0 Å². The van der Waals surface area contributed by atoms with Gasteiger partial charge in [-0.2, -0.15) is 0 Å². The number of ether oxygens (including phenoxy) is 1. The Labute approximate surface area is 135 Å². The first kappa shape index (κ1) is 7.31. The number of alkyl carbamates (subject to hydrolysis) is 1. The van der Waals surface area contributed by atoms with E-state index in [2.05, 4.69) is 15.0 Å². The van der Waals surface area contributed by atoms with Crippen molar-refractivity contribution in [1.29, 1.82) is 0 Å². The molecule has 0 saturated carbocycles. The molecule has 112 valence electrons. The summed E-state index contributed by atoms with van der Waals surface area (Å²) in [6.45, 7) is -4.35. The maximum Gasteiger partial charge on any atom is 0.407 e. The summed E-state index contributed by atoms with van der Waals surface area (Å²) in [5.74, 6) is 0. The Bertz CT molecular complexity index is 956. The van der Waals surface area contributed by atoms with Crippen LogP contribution >= 0.6 is 0 Å². The lowest BCUT2D eigenvalue weighted by molar-refractivity contribution is 0.177. The number of carbonyl (C=O) groups is 1. The number of rotatable bonds is 5. The minimum absolute atomic E-state index is 0.0502. The van der Waals surface area contributed by atoms with Crippen LogP contribution in [0.5, 0.6) is 0 Å². The number of carbonyl (C=O) groups excluding carboxylic acids is 1. The van der Waals surface area contributed by atoms with Crippen LogP contribution < -0.4 is 5.32 Å². The second-order valence-corrected chi connectivity index (χ2v) is 5.00. The molecule has 2 N–H and O–H groups in total. The number of nitrogens with one attached hydrogen (secondary N) is 2. The smallest absolute Gasteiger partial charge is 0.407 e. The maximum atomic E-state index is 11.4. The van der Waals surface area contributed by atoms with Gasteiger partial charge in [-0.05, 0) is 50.1 Å². The number of benzene rings is 1. The molecule has 1 aliphatic heterocycles. The van der Waals surface area contributed by atoms with E-state index in [1.54, 1.807) is 6.20 Å². The van der Waals surface area contributed by atoms with E-state index in [-0.39, 0.29) is 36.7 Å². The molecule has 0 unspecified atom stereocenters. The molecule has 1 aliphatic rings. The Morgan fingerprint density at radius 2 is 2.52 bits per heavy atom. The number of likely N-dealkylation sites (N-methyl/N-ethyl adjacent to an activating group) is 1. The summed E-state index contributed by atoms with van der Waals surface area (Å²) in [5, 5.41) is 2.73. The van der Waals surface area contributed by atoms with Crippen LogP contribution in [0.25, 0.3) is 10.9 Å². The number of H-pyrrole nitrogens is 1. The van der Waals surface area contributed by atoms with Gasteiger partial charge < -0.3 is 19.9 Å². The summed E-state index contributed by atoms with van der Waals surface area (Å²) < 4.78 is 67.5. The van der Waals surface area contributed by atoms with Crippen molar-refractivity contribution in [3.63, 3.8) is 0 Å². The molecule has 1 aromatic heterocycles. The molecule has 0 radical (unpaired) electrons. The van der Waals surface area contributed by atoms with Gasteiger partial charge in [-0.25, -0.2) is 4.79 Å². The Hall–Kier alpha value is -2.01. The summed E-state index contributed by atoms with van der Waals surface area (Å²) in [6, 6.07) is -1.52. The normalized spacial score (nSPS) is 26.8. The van der Waals surface area contributed by atoms with Crippen molar-refractivity contribution in [2.24, 2.45) is 0 Å². The Balaban J connectivity index is 1.98. The van der Waals surface area contributed by atoms with Gasteiger partial charge >= 0.3 is 6.09 Å². The van der Waals surface area contributed by atoms with Gasteiger partial charge in [0.1, 0.15) is 6.56 Å². The van der Waals surface area contributed by atoms with Crippen LogP contribution in [0.2, 0.25) is 0 Å². The first-order valence-corrected chi connectivity index (χ1v) is 6.62. The fourth-order valence-corrected chi connectivity index (χ4v) is 2.24. The highest BCUT2D eigenvalue weighted by molar-refractivity contribution is 5.84. The molecule has 0 bridgehead atoms. The predicted octanol–water partition coefficient (Wildman–Crippen LogP) is 1.92. The third-order valence-corrected chi connectivity index (χ3v) is 3.29. The van der Waals surface area contributed by atoms with Gasteiger partial charge in [-0.3, -0.25) is 0 Å². The van der Waals surface area contributed by atoms with E-state index in [1.165, 1.54) is 11.9 Å². The predicted molar refractivity (Wildman–Crippen MR) is 82.5 cm³/mol. The number of nitrogens with zero attached hydrogens (tertiary/aromatic N) is 1. The Kier molecular flexibility index (Phi) is 2.01. The van der Waals surface area contributed by atoms with Crippen molar-refractivity contribution >= 4 is 17.0 Å². The van der Waals surface area contributed by atoms with Gasteiger partial charge in [0.15, 0.2) is 0 Å². The fourth-order valence-electron chi connectivity index (χ4n) is 2.24. The third kappa shape index (κ3) is 3.19. The number of amides is 1. The molecule has 1 saturated heterocycles. The molecule has 2 heterocycles. The van der Waals surface area contributed by atoms with Crippen molar-refractivity contribution in [2.45, 2.75) is 18.9 Å². The van der Waals surface area contributed by atoms with Crippen LogP contribution in [0, 0.1) is 0 Å². The van der Waals surface area contributed by atoms with Crippen molar-refractivity contribution < 1.29 is 20.5 Å². The van der Waals surface area contributed by atoms with E-state index in [0.29, 0.717) is 22.9 Å². The zero-order valence-corrected chi connectivity index (χ0v) is 11.5. The second kappa shape index (κ2) is 5.77. The molecule has 2 aromatic rings.